The SMILES string of the molecule is CCCCc1cc(F)c(N2CCCC2)cc1N(C)C=O. The van der Waals surface area contributed by atoms with E-state index >= 15 is 0 Å². The molecule has 0 bridgehead atoms. The minimum absolute atomic E-state index is 0.166. The van der Waals surface area contributed by atoms with E-state index in [1.165, 1.54) is 0 Å². The Kier molecular flexibility index (Phi) is 4.99. The number of carbonyl (C=O) groups is 1. The molecule has 0 spiro atoms. The smallest absolute Gasteiger partial charge is 0.213 e. The Morgan fingerprint density at radius 2 is 2.05 bits per heavy atom. The summed E-state index contributed by atoms with van der Waals surface area (Å²) in [7, 11) is 1.73. The summed E-state index contributed by atoms with van der Waals surface area (Å²) in [5.41, 5.74) is 2.38. The first-order valence-corrected chi connectivity index (χ1v) is 7.43. The third kappa shape index (κ3) is 3.11. The van der Waals surface area contributed by atoms with Gasteiger partial charge in [-0.05, 0) is 43.4 Å². The van der Waals surface area contributed by atoms with Crippen LogP contribution in [0.2, 0.25) is 0 Å². The maximum Gasteiger partial charge on any atom is 0.213 e. The van der Waals surface area contributed by atoms with Gasteiger partial charge in [-0.2, -0.15) is 0 Å². The van der Waals surface area contributed by atoms with Crippen molar-refractivity contribution >= 4 is 17.8 Å². The van der Waals surface area contributed by atoms with E-state index in [2.05, 4.69) is 11.8 Å². The molecule has 0 unspecified atom stereocenters. The number of hydrogen-bond acceptors (Lipinski definition) is 2. The number of aryl methyl sites for hydroxylation is 1. The zero-order chi connectivity index (χ0) is 14.5. The van der Waals surface area contributed by atoms with Gasteiger partial charge in [-0.1, -0.05) is 13.3 Å². The Morgan fingerprint density at radius 1 is 1.35 bits per heavy atom. The van der Waals surface area contributed by atoms with Crippen LogP contribution in [-0.2, 0) is 11.2 Å². The molecule has 4 heteroatoms. The van der Waals surface area contributed by atoms with Crippen LogP contribution >= 0.6 is 0 Å². The van der Waals surface area contributed by atoms with E-state index < -0.39 is 0 Å². The second-order valence-corrected chi connectivity index (χ2v) is 5.45. The van der Waals surface area contributed by atoms with Gasteiger partial charge in [0.1, 0.15) is 5.82 Å². The average molecular weight is 278 g/mol. The van der Waals surface area contributed by atoms with E-state index in [9.17, 15) is 9.18 Å². The lowest BCUT2D eigenvalue weighted by Gasteiger charge is -2.23. The quantitative estimate of drug-likeness (QED) is 0.745. The Labute approximate surface area is 120 Å². The second-order valence-electron chi connectivity index (χ2n) is 5.45. The molecule has 1 heterocycles. The molecule has 0 atom stereocenters. The molecular formula is C16H23FN2O. The molecule has 0 radical (unpaired) electrons. The van der Waals surface area contributed by atoms with Crippen LogP contribution in [0, 0.1) is 5.82 Å². The van der Waals surface area contributed by atoms with Crippen molar-refractivity contribution < 1.29 is 9.18 Å². The predicted octanol–water partition coefficient (Wildman–Crippen LogP) is 3.36. The minimum Gasteiger partial charge on any atom is -0.369 e. The Bertz CT molecular complexity index is 470. The highest BCUT2D eigenvalue weighted by Gasteiger charge is 2.19. The molecule has 0 aliphatic carbocycles. The highest BCUT2D eigenvalue weighted by molar-refractivity contribution is 5.78. The van der Waals surface area contributed by atoms with Crippen LogP contribution in [-0.4, -0.2) is 26.5 Å². The summed E-state index contributed by atoms with van der Waals surface area (Å²) in [6.45, 7) is 3.91. The zero-order valence-electron chi connectivity index (χ0n) is 12.4. The van der Waals surface area contributed by atoms with Gasteiger partial charge in [0.25, 0.3) is 0 Å². The van der Waals surface area contributed by atoms with Crippen molar-refractivity contribution in [3.05, 3.63) is 23.5 Å². The number of hydrogen-bond donors (Lipinski definition) is 0. The van der Waals surface area contributed by atoms with Gasteiger partial charge in [0.15, 0.2) is 0 Å². The summed E-state index contributed by atoms with van der Waals surface area (Å²) in [5, 5.41) is 0. The van der Waals surface area contributed by atoms with Gasteiger partial charge in [0, 0.05) is 25.8 Å². The lowest BCUT2D eigenvalue weighted by atomic mass is 10.0. The highest BCUT2D eigenvalue weighted by atomic mass is 19.1. The number of benzene rings is 1. The van der Waals surface area contributed by atoms with Crippen molar-refractivity contribution in [1.82, 2.24) is 0 Å². The van der Waals surface area contributed by atoms with Crippen LogP contribution in [0.1, 0.15) is 38.2 Å². The fourth-order valence-electron chi connectivity index (χ4n) is 2.74. The maximum absolute atomic E-state index is 14.3. The summed E-state index contributed by atoms with van der Waals surface area (Å²) in [4.78, 5) is 14.7. The van der Waals surface area contributed by atoms with Crippen molar-refractivity contribution in [3.63, 3.8) is 0 Å². The molecule has 0 saturated carbocycles. The van der Waals surface area contributed by atoms with Crippen molar-refractivity contribution in [2.75, 3.05) is 29.9 Å². The summed E-state index contributed by atoms with van der Waals surface area (Å²) in [5.74, 6) is -0.166. The number of unbranched alkanes of at least 4 members (excludes halogenated alkanes) is 1. The van der Waals surface area contributed by atoms with E-state index in [1.807, 2.05) is 6.07 Å². The number of carbonyl (C=O) groups excluding carboxylic acids is 1. The van der Waals surface area contributed by atoms with E-state index in [0.717, 1.165) is 62.9 Å². The van der Waals surface area contributed by atoms with Crippen LogP contribution in [0.4, 0.5) is 15.8 Å². The standard InChI is InChI=1S/C16H23FN2O/c1-3-4-7-13-10-14(17)16(19-8-5-6-9-19)11-15(13)18(2)12-20/h10-12H,3-9H2,1-2H3. The molecule has 2 rings (SSSR count). The molecule has 1 aromatic carbocycles. The summed E-state index contributed by atoms with van der Waals surface area (Å²) in [6.07, 6.45) is 5.87. The van der Waals surface area contributed by atoms with E-state index in [-0.39, 0.29) is 5.82 Å². The van der Waals surface area contributed by atoms with Crippen molar-refractivity contribution in [1.29, 1.82) is 0 Å². The monoisotopic (exact) mass is 278 g/mol. The molecular weight excluding hydrogens is 255 g/mol. The first kappa shape index (κ1) is 14.8. The second kappa shape index (κ2) is 6.73. The molecule has 1 amide bonds. The number of nitrogens with zero attached hydrogens (tertiary/aromatic N) is 2. The van der Waals surface area contributed by atoms with Gasteiger partial charge in [-0.15, -0.1) is 0 Å². The number of amides is 1. The van der Waals surface area contributed by atoms with E-state index in [0.29, 0.717) is 5.69 Å². The number of rotatable bonds is 6. The largest absolute Gasteiger partial charge is 0.369 e. The van der Waals surface area contributed by atoms with Crippen LogP contribution in [0.3, 0.4) is 0 Å². The van der Waals surface area contributed by atoms with Gasteiger partial charge < -0.3 is 9.80 Å². The van der Waals surface area contributed by atoms with Gasteiger partial charge in [-0.25, -0.2) is 4.39 Å². The van der Waals surface area contributed by atoms with Gasteiger partial charge in [0.2, 0.25) is 6.41 Å². The molecule has 1 aromatic rings. The van der Waals surface area contributed by atoms with E-state index in [4.69, 9.17) is 0 Å². The molecule has 110 valence electrons. The maximum atomic E-state index is 14.3. The third-order valence-electron chi connectivity index (χ3n) is 3.93. The van der Waals surface area contributed by atoms with Crippen LogP contribution < -0.4 is 9.80 Å². The fraction of sp³-hybridized carbons (Fsp3) is 0.562. The lowest BCUT2D eigenvalue weighted by molar-refractivity contribution is -0.107. The van der Waals surface area contributed by atoms with E-state index in [1.54, 1.807) is 18.0 Å². The third-order valence-corrected chi connectivity index (χ3v) is 3.93. The average Bonchev–Trinajstić information content (AvgIpc) is 2.98. The highest BCUT2D eigenvalue weighted by Crippen LogP contribution is 2.32. The number of halogens is 1. The topological polar surface area (TPSA) is 23.6 Å². The number of anilines is 2. The minimum atomic E-state index is -0.166. The van der Waals surface area contributed by atoms with Gasteiger partial charge in [-0.3, -0.25) is 4.79 Å². The summed E-state index contributed by atoms with van der Waals surface area (Å²) < 4.78 is 14.3. The fourth-order valence-corrected chi connectivity index (χ4v) is 2.74. The molecule has 20 heavy (non-hydrogen) atoms. The Hall–Kier alpha value is -1.58. The predicted molar refractivity (Wildman–Crippen MR) is 80.9 cm³/mol. The van der Waals surface area contributed by atoms with Crippen molar-refractivity contribution in [2.24, 2.45) is 0 Å². The summed E-state index contributed by atoms with van der Waals surface area (Å²) in [6, 6.07) is 3.44. The normalized spacial score (nSPS) is 14.7. The first-order valence-electron chi connectivity index (χ1n) is 7.43. The summed E-state index contributed by atoms with van der Waals surface area (Å²) >= 11 is 0. The first-order chi connectivity index (χ1) is 9.67. The van der Waals surface area contributed by atoms with Crippen molar-refractivity contribution in [2.45, 2.75) is 39.0 Å². The molecule has 1 fully saturated rings. The van der Waals surface area contributed by atoms with Crippen LogP contribution in [0.5, 0.6) is 0 Å². The van der Waals surface area contributed by atoms with Crippen molar-refractivity contribution in [3.8, 4) is 0 Å². The lowest BCUT2D eigenvalue weighted by Crippen LogP contribution is -2.21. The zero-order valence-corrected chi connectivity index (χ0v) is 12.4. The molecule has 1 aliphatic rings. The molecule has 1 aliphatic heterocycles. The van der Waals surface area contributed by atoms with Crippen LogP contribution in [0.25, 0.3) is 0 Å². The van der Waals surface area contributed by atoms with Gasteiger partial charge >= 0.3 is 0 Å². The molecule has 1 saturated heterocycles. The van der Waals surface area contributed by atoms with Gasteiger partial charge in [0.05, 0.1) is 5.69 Å². The Morgan fingerprint density at radius 3 is 2.65 bits per heavy atom. The molecule has 0 aromatic heterocycles. The molecule has 0 N–H and O–H groups in total. The molecule has 3 nitrogen and oxygen atoms in total. The van der Waals surface area contributed by atoms with Crippen LogP contribution in [0.15, 0.2) is 12.1 Å². The Balaban J connectivity index is 2.37.